The van der Waals surface area contributed by atoms with Gasteiger partial charge in [0.15, 0.2) is 0 Å². The summed E-state index contributed by atoms with van der Waals surface area (Å²) >= 11 is 0. The molecule has 0 radical (unpaired) electrons. The molecule has 1 aromatic carbocycles. The molecule has 0 saturated heterocycles. The van der Waals surface area contributed by atoms with Crippen molar-refractivity contribution in [2.45, 2.75) is 29.8 Å². The first-order chi connectivity index (χ1) is 9.42. The Morgan fingerprint density at radius 2 is 2.05 bits per heavy atom. The zero-order valence-electron chi connectivity index (χ0n) is 11.7. The van der Waals surface area contributed by atoms with Gasteiger partial charge in [0.1, 0.15) is 10.6 Å². The lowest BCUT2D eigenvalue weighted by Crippen LogP contribution is -2.49. The van der Waals surface area contributed by atoms with E-state index in [1.54, 1.807) is 19.2 Å². The highest BCUT2D eigenvalue weighted by Crippen LogP contribution is 2.35. The number of hydrogen-bond acceptors (Lipinski definition) is 5. The van der Waals surface area contributed by atoms with Crippen LogP contribution in [0.15, 0.2) is 23.1 Å². The highest BCUT2D eigenvalue weighted by molar-refractivity contribution is 7.89. The van der Waals surface area contributed by atoms with Crippen LogP contribution in [0.5, 0.6) is 5.75 Å². The number of nitrogens with one attached hydrogen (secondary N) is 1. The van der Waals surface area contributed by atoms with Gasteiger partial charge < -0.3 is 15.2 Å². The van der Waals surface area contributed by atoms with Crippen molar-refractivity contribution in [1.29, 1.82) is 0 Å². The van der Waals surface area contributed by atoms with Crippen LogP contribution in [0.1, 0.15) is 19.3 Å². The molecule has 20 heavy (non-hydrogen) atoms. The Labute approximate surface area is 119 Å². The van der Waals surface area contributed by atoms with Gasteiger partial charge in [-0.25, -0.2) is 13.1 Å². The fourth-order valence-electron chi connectivity index (χ4n) is 2.23. The van der Waals surface area contributed by atoms with Crippen LogP contribution in [0.25, 0.3) is 0 Å². The molecule has 1 fully saturated rings. The van der Waals surface area contributed by atoms with Gasteiger partial charge in [0.25, 0.3) is 0 Å². The van der Waals surface area contributed by atoms with Crippen LogP contribution in [-0.2, 0) is 14.8 Å². The molecule has 0 atom stereocenters. The lowest BCUT2D eigenvalue weighted by atomic mass is 9.80. The maximum atomic E-state index is 12.4. The van der Waals surface area contributed by atoms with Crippen molar-refractivity contribution in [1.82, 2.24) is 4.72 Å². The van der Waals surface area contributed by atoms with Crippen molar-refractivity contribution < 1.29 is 17.9 Å². The van der Waals surface area contributed by atoms with Crippen molar-refractivity contribution in [3.8, 4) is 5.75 Å². The molecule has 1 aliphatic rings. The molecule has 1 aliphatic carbocycles. The molecule has 1 saturated carbocycles. The van der Waals surface area contributed by atoms with Crippen LogP contribution in [0.2, 0.25) is 0 Å². The van der Waals surface area contributed by atoms with E-state index in [0.29, 0.717) is 5.69 Å². The van der Waals surface area contributed by atoms with Gasteiger partial charge in [0.2, 0.25) is 10.0 Å². The second kappa shape index (κ2) is 5.59. The van der Waals surface area contributed by atoms with Crippen LogP contribution in [0, 0.1) is 0 Å². The third-order valence-corrected chi connectivity index (χ3v) is 5.18. The van der Waals surface area contributed by atoms with Crippen LogP contribution in [0.4, 0.5) is 5.69 Å². The number of nitrogens with two attached hydrogens (primary N) is 1. The SMILES string of the molecule is COc1ccc(N)cc1S(=O)(=O)NCC1(OC)CCC1. The van der Waals surface area contributed by atoms with E-state index >= 15 is 0 Å². The molecule has 0 spiro atoms. The molecule has 0 unspecified atom stereocenters. The Kier molecular flexibility index (Phi) is 4.22. The molecule has 0 amide bonds. The first kappa shape index (κ1) is 15.1. The molecule has 0 aliphatic heterocycles. The van der Waals surface area contributed by atoms with Gasteiger partial charge in [-0.3, -0.25) is 0 Å². The Bertz CT molecular complexity index is 577. The first-order valence-corrected chi connectivity index (χ1v) is 7.89. The Morgan fingerprint density at radius 3 is 2.55 bits per heavy atom. The van der Waals surface area contributed by atoms with E-state index in [-0.39, 0.29) is 22.8 Å². The normalized spacial score (nSPS) is 17.5. The number of methoxy groups -OCH3 is 2. The van der Waals surface area contributed by atoms with Gasteiger partial charge in [-0.1, -0.05) is 0 Å². The van der Waals surface area contributed by atoms with E-state index in [2.05, 4.69) is 4.72 Å². The predicted molar refractivity (Wildman–Crippen MR) is 76.2 cm³/mol. The summed E-state index contributed by atoms with van der Waals surface area (Å²) in [6.07, 6.45) is 2.78. The average Bonchev–Trinajstić information content (AvgIpc) is 2.38. The number of ether oxygens (including phenoxy) is 2. The van der Waals surface area contributed by atoms with Gasteiger partial charge in [0, 0.05) is 19.3 Å². The van der Waals surface area contributed by atoms with Crippen molar-refractivity contribution in [2.24, 2.45) is 0 Å². The Morgan fingerprint density at radius 1 is 1.35 bits per heavy atom. The molecule has 6 nitrogen and oxygen atoms in total. The number of sulfonamides is 1. The second-order valence-electron chi connectivity index (χ2n) is 4.98. The summed E-state index contributed by atoms with van der Waals surface area (Å²) in [5, 5.41) is 0. The van der Waals surface area contributed by atoms with Gasteiger partial charge in [-0.05, 0) is 37.5 Å². The van der Waals surface area contributed by atoms with Crippen LogP contribution < -0.4 is 15.2 Å². The zero-order chi connectivity index (χ0) is 14.8. The van der Waals surface area contributed by atoms with Crippen LogP contribution >= 0.6 is 0 Å². The Balaban J connectivity index is 2.20. The third-order valence-electron chi connectivity index (χ3n) is 3.76. The summed E-state index contributed by atoms with van der Waals surface area (Å²) in [5.41, 5.74) is 5.65. The topological polar surface area (TPSA) is 90.7 Å². The second-order valence-corrected chi connectivity index (χ2v) is 6.71. The summed E-state index contributed by atoms with van der Waals surface area (Å²) < 4.78 is 37.8. The number of hydrogen-bond donors (Lipinski definition) is 2. The molecular formula is C13H20N2O4S. The maximum Gasteiger partial charge on any atom is 0.244 e. The predicted octanol–water partition coefficient (Wildman–Crippen LogP) is 1.12. The van der Waals surface area contributed by atoms with Gasteiger partial charge in [0.05, 0.1) is 12.7 Å². The van der Waals surface area contributed by atoms with Crippen LogP contribution in [-0.4, -0.2) is 34.8 Å². The van der Waals surface area contributed by atoms with E-state index in [9.17, 15) is 8.42 Å². The summed E-state index contributed by atoms with van der Waals surface area (Å²) in [6.45, 7) is 0.254. The van der Waals surface area contributed by atoms with E-state index in [1.807, 2.05) is 0 Å². The zero-order valence-corrected chi connectivity index (χ0v) is 12.5. The molecule has 2 rings (SSSR count). The minimum Gasteiger partial charge on any atom is -0.495 e. The van der Waals surface area contributed by atoms with E-state index < -0.39 is 10.0 Å². The van der Waals surface area contributed by atoms with Crippen LogP contribution in [0.3, 0.4) is 0 Å². The number of rotatable bonds is 6. The standard InChI is InChI=1S/C13H20N2O4S/c1-18-11-5-4-10(14)8-12(11)20(16,17)15-9-13(19-2)6-3-7-13/h4-5,8,15H,3,6-7,9,14H2,1-2H3. The smallest absolute Gasteiger partial charge is 0.244 e. The molecule has 0 heterocycles. The van der Waals surface area contributed by atoms with E-state index in [0.717, 1.165) is 19.3 Å². The van der Waals surface area contributed by atoms with Gasteiger partial charge in [-0.15, -0.1) is 0 Å². The first-order valence-electron chi connectivity index (χ1n) is 6.41. The molecule has 7 heteroatoms. The molecule has 112 valence electrons. The Hall–Kier alpha value is -1.31. The lowest BCUT2D eigenvalue weighted by Gasteiger charge is -2.40. The minimum atomic E-state index is -3.68. The quantitative estimate of drug-likeness (QED) is 0.768. The average molecular weight is 300 g/mol. The van der Waals surface area contributed by atoms with Crippen molar-refractivity contribution in [3.05, 3.63) is 18.2 Å². The fourth-order valence-corrected chi connectivity index (χ4v) is 3.55. The largest absolute Gasteiger partial charge is 0.495 e. The summed E-state index contributed by atoms with van der Waals surface area (Å²) in [4.78, 5) is 0.0468. The third kappa shape index (κ3) is 2.89. The minimum absolute atomic E-state index is 0.0468. The van der Waals surface area contributed by atoms with E-state index in [1.165, 1.54) is 13.2 Å². The number of nitrogen functional groups attached to an aromatic ring is 1. The molecule has 0 bridgehead atoms. The summed E-state index contributed by atoms with van der Waals surface area (Å²) in [5.74, 6) is 0.270. The highest BCUT2D eigenvalue weighted by Gasteiger charge is 2.38. The van der Waals surface area contributed by atoms with Gasteiger partial charge >= 0.3 is 0 Å². The van der Waals surface area contributed by atoms with Crippen molar-refractivity contribution in [2.75, 3.05) is 26.5 Å². The summed E-state index contributed by atoms with van der Waals surface area (Å²) in [7, 11) is -0.651. The molecular weight excluding hydrogens is 280 g/mol. The van der Waals surface area contributed by atoms with Gasteiger partial charge in [-0.2, -0.15) is 0 Å². The highest BCUT2D eigenvalue weighted by atomic mass is 32.2. The fraction of sp³-hybridized carbons (Fsp3) is 0.538. The maximum absolute atomic E-state index is 12.4. The van der Waals surface area contributed by atoms with Crippen molar-refractivity contribution in [3.63, 3.8) is 0 Å². The number of benzene rings is 1. The van der Waals surface area contributed by atoms with E-state index in [4.69, 9.17) is 15.2 Å². The summed E-state index contributed by atoms with van der Waals surface area (Å²) in [6, 6.07) is 4.53. The molecule has 1 aromatic rings. The monoisotopic (exact) mass is 300 g/mol. The lowest BCUT2D eigenvalue weighted by molar-refractivity contribution is -0.0659. The number of anilines is 1. The van der Waals surface area contributed by atoms with Crippen molar-refractivity contribution >= 4 is 15.7 Å². The molecule has 3 N–H and O–H groups in total. The molecule has 0 aromatic heterocycles.